The van der Waals surface area contributed by atoms with Gasteiger partial charge in [-0.1, -0.05) is 0 Å². The van der Waals surface area contributed by atoms with E-state index in [9.17, 15) is 14.5 Å². The summed E-state index contributed by atoms with van der Waals surface area (Å²) in [7, 11) is 0. The first-order valence-electron chi connectivity index (χ1n) is 5.42. The van der Waals surface area contributed by atoms with Crippen LogP contribution in [0.1, 0.15) is 17.8 Å². The van der Waals surface area contributed by atoms with Gasteiger partial charge in [0, 0.05) is 20.8 Å². The molecule has 0 radical (unpaired) electrons. The quantitative estimate of drug-likeness (QED) is 0.644. The second-order valence-electron chi connectivity index (χ2n) is 3.95. The van der Waals surface area contributed by atoms with Crippen LogP contribution in [0.15, 0.2) is 34.1 Å². The number of nitrogens with one attached hydrogen (secondary N) is 1. The van der Waals surface area contributed by atoms with Crippen LogP contribution in [-0.2, 0) is 0 Å². The van der Waals surface area contributed by atoms with Crippen molar-refractivity contribution in [2.75, 3.05) is 5.32 Å². The predicted octanol–water partition coefficient (Wildman–Crippen LogP) is 4.73. The van der Waals surface area contributed by atoms with Gasteiger partial charge in [-0.05, 0) is 35.0 Å². The van der Waals surface area contributed by atoms with Gasteiger partial charge in [0.1, 0.15) is 0 Å². The Balaban J connectivity index is 2.17. The van der Waals surface area contributed by atoms with Gasteiger partial charge in [-0.15, -0.1) is 11.3 Å². The number of rotatable bonds is 4. The highest BCUT2D eigenvalue weighted by Gasteiger charge is 2.14. The maximum Gasteiger partial charge on any atom is 0.272 e. The average molecular weight is 345 g/mol. The Labute approximate surface area is 121 Å². The Bertz CT molecular complexity index is 618. The largest absolute Gasteiger partial charge is 0.375 e. The third-order valence-corrected chi connectivity index (χ3v) is 4.43. The van der Waals surface area contributed by atoms with Gasteiger partial charge in [-0.3, -0.25) is 10.1 Å². The molecule has 0 aliphatic rings. The molecule has 0 amide bonds. The molecule has 1 N–H and O–H groups in total. The number of nitrogens with zero attached hydrogens (tertiary/aromatic N) is 1. The lowest BCUT2D eigenvalue weighted by Crippen LogP contribution is -2.06. The first-order chi connectivity index (χ1) is 8.97. The Morgan fingerprint density at radius 1 is 1.47 bits per heavy atom. The van der Waals surface area contributed by atoms with Crippen LogP contribution in [-0.4, -0.2) is 4.92 Å². The first kappa shape index (κ1) is 14.0. The molecule has 2 aromatic rings. The van der Waals surface area contributed by atoms with E-state index < -0.39 is 10.7 Å². The zero-order valence-electron chi connectivity index (χ0n) is 9.89. The van der Waals surface area contributed by atoms with E-state index in [-0.39, 0.29) is 17.4 Å². The maximum atomic E-state index is 13.7. The highest BCUT2D eigenvalue weighted by atomic mass is 79.9. The van der Waals surface area contributed by atoms with E-state index in [1.807, 2.05) is 18.4 Å². The fraction of sp³-hybridized carbons (Fsp3) is 0.167. The summed E-state index contributed by atoms with van der Waals surface area (Å²) in [4.78, 5) is 11.0. The van der Waals surface area contributed by atoms with Crippen molar-refractivity contribution in [3.05, 3.63) is 54.9 Å². The van der Waals surface area contributed by atoms with Gasteiger partial charge < -0.3 is 5.32 Å². The highest BCUT2D eigenvalue weighted by molar-refractivity contribution is 9.10. The fourth-order valence-electron chi connectivity index (χ4n) is 1.59. The summed E-state index contributed by atoms with van der Waals surface area (Å²) in [5.74, 6) is -0.628. The van der Waals surface area contributed by atoms with Crippen LogP contribution in [0.5, 0.6) is 0 Å². The van der Waals surface area contributed by atoms with Crippen molar-refractivity contribution in [2.24, 2.45) is 0 Å². The summed E-state index contributed by atoms with van der Waals surface area (Å²) in [6, 6.07) is 5.45. The third kappa shape index (κ3) is 3.30. The number of thiophene rings is 1. The molecule has 19 heavy (non-hydrogen) atoms. The van der Waals surface area contributed by atoms with Gasteiger partial charge in [0.05, 0.1) is 22.7 Å². The molecular weight excluding hydrogens is 335 g/mol. The molecule has 0 aliphatic carbocycles. The molecule has 0 spiro atoms. The van der Waals surface area contributed by atoms with Crippen LogP contribution in [0.4, 0.5) is 15.8 Å². The van der Waals surface area contributed by atoms with E-state index in [4.69, 9.17) is 0 Å². The van der Waals surface area contributed by atoms with Gasteiger partial charge in [0.2, 0.25) is 0 Å². The van der Waals surface area contributed by atoms with Gasteiger partial charge >= 0.3 is 0 Å². The maximum absolute atomic E-state index is 13.7. The number of anilines is 1. The molecule has 1 heterocycles. The van der Waals surface area contributed by atoms with Crippen molar-refractivity contribution < 1.29 is 9.31 Å². The lowest BCUT2D eigenvalue weighted by molar-refractivity contribution is -0.385. The zero-order chi connectivity index (χ0) is 14.0. The number of nitro groups is 1. The number of nitro benzene ring substituents is 1. The van der Waals surface area contributed by atoms with E-state index in [2.05, 4.69) is 21.2 Å². The molecule has 1 aromatic heterocycles. The van der Waals surface area contributed by atoms with Crippen molar-refractivity contribution in [1.29, 1.82) is 0 Å². The number of benzene rings is 1. The molecule has 1 aromatic carbocycles. The van der Waals surface area contributed by atoms with E-state index >= 15 is 0 Å². The Hall–Kier alpha value is -1.47. The molecule has 100 valence electrons. The molecular formula is C12H10BrFN2O2S. The van der Waals surface area contributed by atoms with Crippen LogP contribution in [0.3, 0.4) is 0 Å². The number of non-ortho nitro benzene ring substituents is 1. The number of halogens is 2. The van der Waals surface area contributed by atoms with Crippen LogP contribution in [0.2, 0.25) is 0 Å². The molecule has 0 aliphatic heterocycles. The molecule has 4 nitrogen and oxygen atoms in total. The summed E-state index contributed by atoms with van der Waals surface area (Å²) in [5, 5.41) is 15.5. The fourth-order valence-corrected chi connectivity index (χ4v) is 3.05. The molecule has 0 saturated heterocycles. The Kier molecular flexibility index (Phi) is 4.16. The number of hydrogen-bond acceptors (Lipinski definition) is 4. The lowest BCUT2D eigenvalue weighted by Gasteiger charge is -2.14. The van der Waals surface area contributed by atoms with E-state index in [0.29, 0.717) is 0 Å². The number of hydrogen-bond donors (Lipinski definition) is 1. The SMILES string of the molecule is CC(Nc1ccc([N+](=O)[O-])cc1F)c1cc(Br)cs1. The normalized spacial score (nSPS) is 12.2. The van der Waals surface area contributed by atoms with Crippen molar-refractivity contribution in [1.82, 2.24) is 0 Å². The lowest BCUT2D eigenvalue weighted by atomic mass is 10.2. The zero-order valence-corrected chi connectivity index (χ0v) is 12.3. The van der Waals surface area contributed by atoms with E-state index in [1.54, 1.807) is 11.3 Å². The average Bonchev–Trinajstić information content (AvgIpc) is 2.78. The summed E-state index contributed by atoms with van der Waals surface area (Å²) in [6.45, 7) is 1.90. The standard InChI is InChI=1S/C12H10BrFN2O2S/c1-7(12-4-8(13)6-19-12)15-11-3-2-9(16(17)18)5-10(11)14/h2-7,15H,1H3. The van der Waals surface area contributed by atoms with Gasteiger partial charge in [0.25, 0.3) is 5.69 Å². The monoisotopic (exact) mass is 344 g/mol. The minimum atomic E-state index is -0.628. The molecule has 0 fully saturated rings. The Morgan fingerprint density at radius 3 is 2.74 bits per heavy atom. The van der Waals surface area contributed by atoms with E-state index in [1.165, 1.54) is 12.1 Å². The Morgan fingerprint density at radius 2 is 2.21 bits per heavy atom. The molecule has 1 unspecified atom stereocenters. The molecule has 0 saturated carbocycles. The van der Waals surface area contributed by atoms with Crippen LogP contribution < -0.4 is 5.32 Å². The van der Waals surface area contributed by atoms with Crippen molar-refractivity contribution in [3.63, 3.8) is 0 Å². The van der Waals surface area contributed by atoms with Crippen molar-refractivity contribution >= 4 is 38.6 Å². The minimum absolute atomic E-state index is 0.0766. The van der Waals surface area contributed by atoms with E-state index in [0.717, 1.165) is 15.4 Å². The second-order valence-corrected chi connectivity index (χ2v) is 5.81. The van der Waals surface area contributed by atoms with Crippen LogP contribution >= 0.6 is 27.3 Å². The topological polar surface area (TPSA) is 55.2 Å². The van der Waals surface area contributed by atoms with Gasteiger partial charge in [-0.2, -0.15) is 0 Å². The molecule has 0 bridgehead atoms. The van der Waals surface area contributed by atoms with Crippen molar-refractivity contribution in [2.45, 2.75) is 13.0 Å². The molecule has 7 heteroatoms. The highest BCUT2D eigenvalue weighted by Crippen LogP contribution is 2.29. The van der Waals surface area contributed by atoms with Crippen molar-refractivity contribution in [3.8, 4) is 0 Å². The van der Waals surface area contributed by atoms with Gasteiger partial charge in [0.15, 0.2) is 5.82 Å². The van der Waals surface area contributed by atoms with Gasteiger partial charge in [-0.25, -0.2) is 4.39 Å². The summed E-state index contributed by atoms with van der Waals surface area (Å²) in [5.41, 5.74) is -0.00260. The summed E-state index contributed by atoms with van der Waals surface area (Å²) < 4.78 is 14.7. The predicted molar refractivity (Wildman–Crippen MR) is 77.1 cm³/mol. The smallest absolute Gasteiger partial charge is 0.272 e. The molecule has 2 rings (SSSR count). The summed E-state index contributed by atoms with van der Waals surface area (Å²) in [6.07, 6.45) is 0. The summed E-state index contributed by atoms with van der Waals surface area (Å²) >= 11 is 4.91. The minimum Gasteiger partial charge on any atom is -0.375 e. The first-order valence-corrected chi connectivity index (χ1v) is 7.09. The van der Waals surface area contributed by atoms with Crippen LogP contribution in [0.25, 0.3) is 0 Å². The third-order valence-electron chi connectivity index (χ3n) is 2.55. The molecule has 1 atom stereocenters. The van der Waals surface area contributed by atoms with Crippen LogP contribution in [0, 0.1) is 15.9 Å². The second kappa shape index (κ2) is 5.66.